The normalized spacial score (nSPS) is 19.1. The first kappa shape index (κ1) is 12.1. The van der Waals surface area contributed by atoms with E-state index in [0.717, 1.165) is 31.0 Å². The average molecular weight is 255 g/mol. The second-order valence-corrected chi connectivity index (χ2v) is 4.71. The van der Waals surface area contributed by atoms with Gasteiger partial charge in [-0.2, -0.15) is 0 Å². The Labute approximate surface area is 112 Å². The largest absolute Gasteiger partial charge is 0.437 e. The maximum atomic E-state index is 5.86. The number of ether oxygens (including phenoxy) is 1. The van der Waals surface area contributed by atoms with E-state index in [1.54, 1.807) is 12.4 Å². The summed E-state index contributed by atoms with van der Waals surface area (Å²) in [7, 11) is 0. The number of nitrogens with one attached hydrogen (secondary N) is 1. The van der Waals surface area contributed by atoms with E-state index in [1.165, 1.54) is 6.42 Å². The first-order valence-corrected chi connectivity index (χ1v) is 6.68. The molecule has 19 heavy (non-hydrogen) atoms. The van der Waals surface area contributed by atoms with Gasteiger partial charge in [-0.05, 0) is 31.5 Å². The molecule has 4 heteroatoms. The molecule has 1 atom stereocenters. The summed E-state index contributed by atoms with van der Waals surface area (Å²) >= 11 is 0. The summed E-state index contributed by atoms with van der Waals surface area (Å²) in [5.74, 6) is 1.82. The molecule has 0 bridgehead atoms. The lowest BCUT2D eigenvalue weighted by molar-refractivity contribution is 0.411. The second kappa shape index (κ2) is 5.80. The summed E-state index contributed by atoms with van der Waals surface area (Å²) in [4.78, 5) is 8.81. The molecule has 0 saturated carbocycles. The SMILES string of the molecule is c1ccc(Oc2nccnc2C2CCCNC2)cc1. The van der Waals surface area contributed by atoms with Gasteiger partial charge in [-0.1, -0.05) is 18.2 Å². The molecule has 1 aromatic carbocycles. The van der Waals surface area contributed by atoms with Crippen LogP contribution in [0.25, 0.3) is 0 Å². The van der Waals surface area contributed by atoms with E-state index < -0.39 is 0 Å². The Morgan fingerprint density at radius 2 is 1.95 bits per heavy atom. The minimum absolute atomic E-state index is 0.390. The van der Waals surface area contributed by atoms with Crippen LogP contribution < -0.4 is 10.1 Å². The molecule has 1 fully saturated rings. The Balaban J connectivity index is 1.84. The third-order valence-corrected chi connectivity index (χ3v) is 3.33. The number of hydrogen-bond donors (Lipinski definition) is 1. The van der Waals surface area contributed by atoms with E-state index in [1.807, 2.05) is 30.3 Å². The van der Waals surface area contributed by atoms with Crippen LogP contribution >= 0.6 is 0 Å². The average Bonchev–Trinajstić information content (AvgIpc) is 2.50. The first-order valence-electron chi connectivity index (χ1n) is 6.68. The maximum Gasteiger partial charge on any atom is 0.241 e. The van der Waals surface area contributed by atoms with Gasteiger partial charge in [0.25, 0.3) is 0 Å². The van der Waals surface area contributed by atoms with Gasteiger partial charge in [-0.3, -0.25) is 4.98 Å². The molecule has 1 unspecified atom stereocenters. The summed E-state index contributed by atoms with van der Waals surface area (Å²) in [5, 5.41) is 3.40. The summed E-state index contributed by atoms with van der Waals surface area (Å²) < 4.78 is 5.86. The Bertz CT molecular complexity index is 524. The molecule has 3 rings (SSSR count). The van der Waals surface area contributed by atoms with Crippen LogP contribution in [0.15, 0.2) is 42.7 Å². The van der Waals surface area contributed by atoms with Crippen LogP contribution in [0, 0.1) is 0 Å². The number of hydrogen-bond acceptors (Lipinski definition) is 4. The monoisotopic (exact) mass is 255 g/mol. The molecule has 1 aliphatic heterocycles. The molecule has 2 heterocycles. The predicted octanol–water partition coefficient (Wildman–Crippen LogP) is 2.74. The van der Waals surface area contributed by atoms with Crippen molar-refractivity contribution in [3.8, 4) is 11.6 Å². The Hall–Kier alpha value is -1.94. The van der Waals surface area contributed by atoms with Crippen molar-refractivity contribution in [2.24, 2.45) is 0 Å². The Morgan fingerprint density at radius 3 is 2.74 bits per heavy atom. The number of rotatable bonds is 3. The van der Waals surface area contributed by atoms with Gasteiger partial charge < -0.3 is 10.1 Å². The van der Waals surface area contributed by atoms with Gasteiger partial charge in [0.15, 0.2) is 0 Å². The molecule has 4 nitrogen and oxygen atoms in total. The summed E-state index contributed by atoms with van der Waals surface area (Å²) in [5.41, 5.74) is 0.957. The predicted molar refractivity (Wildman–Crippen MR) is 73.4 cm³/mol. The van der Waals surface area contributed by atoms with E-state index in [-0.39, 0.29) is 0 Å². The third-order valence-electron chi connectivity index (χ3n) is 3.33. The molecule has 1 saturated heterocycles. The molecule has 1 aliphatic rings. The van der Waals surface area contributed by atoms with E-state index in [2.05, 4.69) is 15.3 Å². The summed E-state index contributed by atoms with van der Waals surface area (Å²) in [6.07, 6.45) is 5.72. The highest BCUT2D eigenvalue weighted by molar-refractivity contribution is 5.30. The summed E-state index contributed by atoms with van der Waals surface area (Å²) in [6, 6.07) is 9.73. The molecule has 2 aromatic rings. The number of aromatic nitrogens is 2. The smallest absolute Gasteiger partial charge is 0.241 e. The van der Waals surface area contributed by atoms with Crippen molar-refractivity contribution in [3.63, 3.8) is 0 Å². The minimum atomic E-state index is 0.390. The minimum Gasteiger partial charge on any atom is -0.437 e. The standard InChI is InChI=1S/C15H17N3O/c1-2-6-13(7-3-1)19-15-14(17-9-10-18-15)12-5-4-8-16-11-12/h1-3,6-7,9-10,12,16H,4-5,8,11H2. The zero-order chi connectivity index (χ0) is 12.9. The zero-order valence-corrected chi connectivity index (χ0v) is 10.7. The van der Waals surface area contributed by atoms with Gasteiger partial charge in [0.05, 0.1) is 0 Å². The summed E-state index contributed by atoms with van der Waals surface area (Å²) in [6.45, 7) is 2.04. The van der Waals surface area contributed by atoms with Crippen molar-refractivity contribution in [3.05, 3.63) is 48.4 Å². The number of para-hydroxylation sites is 1. The fourth-order valence-electron chi connectivity index (χ4n) is 2.38. The van der Waals surface area contributed by atoms with Crippen molar-refractivity contribution < 1.29 is 4.74 Å². The van der Waals surface area contributed by atoms with Crippen molar-refractivity contribution in [1.82, 2.24) is 15.3 Å². The molecule has 1 N–H and O–H groups in total. The van der Waals surface area contributed by atoms with Crippen molar-refractivity contribution in [1.29, 1.82) is 0 Å². The lowest BCUT2D eigenvalue weighted by atomic mass is 9.96. The van der Waals surface area contributed by atoms with Crippen LogP contribution in [0.5, 0.6) is 11.6 Å². The lowest BCUT2D eigenvalue weighted by Gasteiger charge is -2.23. The molecule has 0 amide bonds. The van der Waals surface area contributed by atoms with Crippen LogP contribution in [0.3, 0.4) is 0 Å². The van der Waals surface area contributed by atoms with E-state index in [9.17, 15) is 0 Å². The van der Waals surface area contributed by atoms with Gasteiger partial charge in [0.2, 0.25) is 5.88 Å². The van der Waals surface area contributed by atoms with Crippen LogP contribution in [0.4, 0.5) is 0 Å². The van der Waals surface area contributed by atoms with Gasteiger partial charge in [-0.15, -0.1) is 0 Å². The number of benzene rings is 1. The van der Waals surface area contributed by atoms with E-state index in [0.29, 0.717) is 11.8 Å². The molecule has 98 valence electrons. The lowest BCUT2D eigenvalue weighted by Crippen LogP contribution is -2.29. The fraction of sp³-hybridized carbons (Fsp3) is 0.333. The first-order chi connectivity index (χ1) is 9.43. The quantitative estimate of drug-likeness (QED) is 0.916. The van der Waals surface area contributed by atoms with Gasteiger partial charge in [-0.25, -0.2) is 4.98 Å². The molecule has 0 aliphatic carbocycles. The van der Waals surface area contributed by atoms with Crippen LogP contribution in [0.1, 0.15) is 24.5 Å². The zero-order valence-electron chi connectivity index (χ0n) is 10.7. The van der Waals surface area contributed by atoms with Crippen molar-refractivity contribution in [2.75, 3.05) is 13.1 Å². The Kier molecular flexibility index (Phi) is 3.70. The van der Waals surface area contributed by atoms with Gasteiger partial charge >= 0.3 is 0 Å². The van der Waals surface area contributed by atoms with E-state index >= 15 is 0 Å². The number of piperidine rings is 1. The van der Waals surface area contributed by atoms with Crippen molar-refractivity contribution in [2.45, 2.75) is 18.8 Å². The van der Waals surface area contributed by atoms with Gasteiger partial charge in [0.1, 0.15) is 11.4 Å². The van der Waals surface area contributed by atoms with Crippen molar-refractivity contribution >= 4 is 0 Å². The van der Waals surface area contributed by atoms with E-state index in [4.69, 9.17) is 4.74 Å². The maximum absolute atomic E-state index is 5.86. The molecule has 0 spiro atoms. The van der Waals surface area contributed by atoms with Crippen LogP contribution in [0.2, 0.25) is 0 Å². The fourth-order valence-corrected chi connectivity index (χ4v) is 2.38. The second-order valence-electron chi connectivity index (χ2n) is 4.71. The Morgan fingerprint density at radius 1 is 1.11 bits per heavy atom. The van der Waals surface area contributed by atoms with Crippen LogP contribution in [-0.4, -0.2) is 23.1 Å². The highest BCUT2D eigenvalue weighted by Gasteiger charge is 2.21. The molecular weight excluding hydrogens is 238 g/mol. The molecular formula is C15H17N3O. The highest BCUT2D eigenvalue weighted by Crippen LogP contribution is 2.30. The molecule has 0 radical (unpaired) electrons. The molecule has 1 aromatic heterocycles. The van der Waals surface area contributed by atoms with Gasteiger partial charge in [0, 0.05) is 24.9 Å². The highest BCUT2D eigenvalue weighted by atomic mass is 16.5. The topological polar surface area (TPSA) is 47.0 Å². The number of nitrogens with zero attached hydrogens (tertiary/aromatic N) is 2. The van der Waals surface area contributed by atoms with Crippen LogP contribution in [-0.2, 0) is 0 Å². The third kappa shape index (κ3) is 2.90.